The van der Waals surface area contributed by atoms with Gasteiger partial charge in [0.05, 0.1) is 27.9 Å². The summed E-state index contributed by atoms with van der Waals surface area (Å²) in [7, 11) is 0. The first kappa shape index (κ1) is 31.9. The molecule has 0 aliphatic rings. The Hall–Kier alpha value is -7.63. The average molecular weight is 716 g/mol. The van der Waals surface area contributed by atoms with Crippen molar-refractivity contribution in [2.75, 3.05) is 0 Å². The van der Waals surface area contributed by atoms with Gasteiger partial charge in [-0.2, -0.15) is 0 Å². The zero-order valence-corrected chi connectivity index (χ0v) is 30.3. The number of rotatable bonds is 6. The van der Waals surface area contributed by atoms with Crippen LogP contribution >= 0.6 is 0 Å². The predicted octanol–water partition coefficient (Wildman–Crippen LogP) is 12.7. The summed E-state index contributed by atoms with van der Waals surface area (Å²) in [5, 5.41) is 4.73. The van der Waals surface area contributed by atoms with Gasteiger partial charge in [-0.05, 0) is 71.8 Å². The van der Waals surface area contributed by atoms with E-state index < -0.39 is 0 Å². The summed E-state index contributed by atoms with van der Waals surface area (Å²) in [5.74, 6) is 0.670. The highest BCUT2D eigenvalue weighted by Gasteiger charge is 2.18. The Kier molecular flexibility index (Phi) is 7.42. The third kappa shape index (κ3) is 5.29. The minimum Gasteiger partial charge on any atom is -0.309 e. The zero-order valence-electron chi connectivity index (χ0n) is 30.3. The number of hydrogen-bond acceptors (Lipinski definition) is 3. The molecule has 5 heteroatoms. The van der Waals surface area contributed by atoms with Crippen LogP contribution in [-0.4, -0.2) is 24.1 Å². The zero-order chi connectivity index (χ0) is 37.0. The molecular weight excluding hydrogens is 683 g/mol. The maximum absolute atomic E-state index is 5.13. The molecule has 0 saturated carbocycles. The molecule has 5 nitrogen and oxygen atoms in total. The van der Waals surface area contributed by atoms with Crippen molar-refractivity contribution in [2.45, 2.75) is 0 Å². The highest BCUT2D eigenvalue weighted by Crippen LogP contribution is 2.38. The molecule has 0 fully saturated rings. The quantitative estimate of drug-likeness (QED) is 0.172. The van der Waals surface area contributed by atoms with Gasteiger partial charge in [0.1, 0.15) is 5.65 Å². The largest absolute Gasteiger partial charge is 0.309 e. The molecule has 0 atom stereocenters. The van der Waals surface area contributed by atoms with E-state index in [0.29, 0.717) is 5.82 Å². The van der Waals surface area contributed by atoms with Gasteiger partial charge in [0.15, 0.2) is 5.82 Å². The van der Waals surface area contributed by atoms with Crippen molar-refractivity contribution >= 4 is 43.7 Å². The van der Waals surface area contributed by atoms with Crippen LogP contribution in [0.1, 0.15) is 0 Å². The Balaban J connectivity index is 1.08. The minimum absolute atomic E-state index is 0.670. The molecule has 0 bridgehead atoms. The van der Waals surface area contributed by atoms with E-state index in [1.807, 2.05) is 48.7 Å². The molecule has 0 amide bonds. The number of benzene rings is 7. The molecule has 11 aromatic rings. The lowest BCUT2D eigenvalue weighted by Gasteiger charge is -2.12. The lowest BCUT2D eigenvalue weighted by atomic mass is 10.0. The van der Waals surface area contributed by atoms with E-state index in [0.717, 1.165) is 72.5 Å². The van der Waals surface area contributed by atoms with Gasteiger partial charge in [-0.3, -0.25) is 4.57 Å². The normalized spacial score (nSPS) is 11.6. The molecule has 4 aromatic heterocycles. The Morgan fingerprint density at radius 3 is 1.55 bits per heavy atom. The number of pyridine rings is 1. The first-order valence-electron chi connectivity index (χ1n) is 18.9. The van der Waals surface area contributed by atoms with Crippen LogP contribution in [0.3, 0.4) is 0 Å². The molecule has 4 heterocycles. The first-order chi connectivity index (χ1) is 27.8. The van der Waals surface area contributed by atoms with Gasteiger partial charge < -0.3 is 4.57 Å². The lowest BCUT2D eigenvalue weighted by molar-refractivity contribution is 1.13. The van der Waals surface area contributed by atoms with E-state index in [1.54, 1.807) is 0 Å². The molecule has 0 aliphatic carbocycles. The van der Waals surface area contributed by atoms with Crippen molar-refractivity contribution in [3.63, 3.8) is 0 Å². The number of hydrogen-bond donors (Lipinski definition) is 0. The molecule has 0 spiro atoms. The van der Waals surface area contributed by atoms with Crippen molar-refractivity contribution in [1.82, 2.24) is 24.1 Å². The summed E-state index contributed by atoms with van der Waals surface area (Å²) in [5.41, 5.74) is 13.6. The van der Waals surface area contributed by atoms with Crippen molar-refractivity contribution in [3.8, 4) is 56.4 Å². The highest BCUT2D eigenvalue weighted by molar-refractivity contribution is 6.11. The number of aromatic nitrogens is 5. The second-order valence-corrected chi connectivity index (χ2v) is 14.1. The smallest absolute Gasteiger partial charge is 0.160 e. The van der Waals surface area contributed by atoms with Crippen LogP contribution < -0.4 is 0 Å². The fraction of sp³-hybridized carbons (Fsp3) is 0. The van der Waals surface area contributed by atoms with Gasteiger partial charge >= 0.3 is 0 Å². The van der Waals surface area contributed by atoms with Gasteiger partial charge in [0.2, 0.25) is 0 Å². The van der Waals surface area contributed by atoms with E-state index in [4.69, 9.17) is 15.0 Å². The van der Waals surface area contributed by atoms with E-state index in [1.165, 1.54) is 21.8 Å². The maximum atomic E-state index is 5.13. The minimum atomic E-state index is 0.670. The van der Waals surface area contributed by atoms with Crippen LogP contribution in [0.2, 0.25) is 0 Å². The Bertz CT molecular complexity index is 3180. The topological polar surface area (TPSA) is 48.5 Å². The predicted molar refractivity (Wildman–Crippen MR) is 230 cm³/mol. The molecule has 262 valence electrons. The van der Waals surface area contributed by atoms with Crippen molar-refractivity contribution < 1.29 is 0 Å². The van der Waals surface area contributed by atoms with Crippen molar-refractivity contribution in [1.29, 1.82) is 0 Å². The number of nitrogens with zero attached hydrogens (tertiary/aromatic N) is 5. The van der Waals surface area contributed by atoms with E-state index in [-0.39, 0.29) is 0 Å². The Labute approximate surface area is 323 Å². The van der Waals surface area contributed by atoms with Gasteiger partial charge in [0, 0.05) is 55.8 Å². The van der Waals surface area contributed by atoms with Crippen LogP contribution in [0.25, 0.3) is 100 Å². The van der Waals surface area contributed by atoms with Crippen LogP contribution in [0.4, 0.5) is 0 Å². The standard InChI is InChI=1S/C51H33N5/c1-4-14-34(15-5-1)45-33-46(35-16-6-2-7-17-35)54-50(53-45)38-18-12-21-40(30-38)56-49-32-37(26-28-43(49)44-23-13-29-52-51(44)56)36-25-27-42-41-22-10-11-24-47(41)55(48(42)31-36)39-19-8-3-9-20-39/h1-33H. The third-order valence-corrected chi connectivity index (χ3v) is 10.8. The van der Waals surface area contributed by atoms with Gasteiger partial charge in [0.25, 0.3) is 0 Å². The lowest BCUT2D eigenvalue weighted by Crippen LogP contribution is -1.99. The molecule has 0 aliphatic heterocycles. The third-order valence-electron chi connectivity index (χ3n) is 10.8. The Morgan fingerprint density at radius 1 is 0.321 bits per heavy atom. The van der Waals surface area contributed by atoms with E-state index in [9.17, 15) is 0 Å². The van der Waals surface area contributed by atoms with Gasteiger partial charge in [-0.15, -0.1) is 0 Å². The van der Waals surface area contributed by atoms with Crippen molar-refractivity contribution in [3.05, 3.63) is 200 Å². The molecule has 11 rings (SSSR count). The fourth-order valence-electron chi connectivity index (χ4n) is 8.16. The first-order valence-corrected chi connectivity index (χ1v) is 18.9. The molecule has 56 heavy (non-hydrogen) atoms. The SMILES string of the molecule is c1ccc(-c2cc(-c3ccccc3)nc(-c3cccc(-n4c5cc(-c6ccc7c8ccccc8n(-c8ccccc8)c7c6)ccc5c5cccnc54)c3)n2)cc1. The monoisotopic (exact) mass is 715 g/mol. The van der Waals surface area contributed by atoms with Gasteiger partial charge in [-0.25, -0.2) is 15.0 Å². The van der Waals surface area contributed by atoms with Crippen LogP contribution in [-0.2, 0) is 0 Å². The summed E-state index contributed by atoms with van der Waals surface area (Å²) in [6.45, 7) is 0. The second-order valence-electron chi connectivity index (χ2n) is 14.1. The van der Waals surface area contributed by atoms with Gasteiger partial charge in [-0.1, -0.05) is 133 Å². The summed E-state index contributed by atoms with van der Waals surface area (Å²) in [6.07, 6.45) is 1.87. The molecule has 0 unspecified atom stereocenters. The molecule has 0 N–H and O–H groups in total. The summed E-state index contributed by atoms with van der Waals surface area (Å²) >= 11 is 0. The number of fused-ring (bicyclic) bond motifs is 6. The number of para-hydroxylation sites is 2. The Morgan fingerprint density at radius 2 is 0.857 bits per heavy atom. The van der Waals surface area contributed by atoms with E-state index in [2.05, 4.69) is 161 Å². The van der Waals surface area contributed by atoms with E-state index >= 15 is 0 Å². The molecule has 0 radical (unpaired) electrons. The van der Waals surface area contributed by atoms with Crippen LogP contribution in [0, 0.1) is 0 Å². The molecule has 0 saturated heterocycles. The maximum Gasteiger partial charge on any atom is 0.160 e. The van der Waals surface area contributed by atoms with Crippen LogP contribution in [0.5, 0.6) is 0 Å². The van der Waals surface area contributed by atoms with Crippen molar-refractivity contribution in [2.24, 2.45) is 0 Å². The highest BCUT2D eigenvalue weighted by atomic mass is 15.0. The molecular formula is C51H33N5. The second kappa shape index (κ2) is 13.0. The summed E-state index contributed by atoms with van der Waals surface area (Å²) in [4.78, 5) is 15.2. The van der Waals surface area contributed by atoms with Crippen LogP contribution in [0.15, 0.2) is 200 Å². The average Bonchev–Trinajstić information content (AvgIpc) is 3.79. The summed E-state index contributed by atoms with van der Waals surface area (Å²) < 4.78 is 4.65. The molecule has 7 aromatic carbocycles. The summed E-state index contributed by atoms with van der Waals surface area (Å²) in [6, 6.07) is 68.3. The fourth-order valence-corrected chi connectivity index (χ4v) is 8.16.